The maximum Gasteiger partial charge on any atom is 0.246 e. The smallest absolute Gasteiger partial charge is 0.246 e. The predicted octanol–water partition coefficient (Wildman–Crippen LogP) is 3.26. The third kappa shape index (κ3) is 7.38. The van der Waals surface area contributed by atoms with Crippen LogP contribution in [0.15, 0.2) is 73.1 Å². The summed E-state index contributed by atoms with van der Waals surface area (Å²) in [5, 5.41) is 11.9. The first-order chi connectivity index (χ1) is 16.8. The number of benzene rings is 2. The van der Waals surface area contributed by atoms with Crippen molar-refractivity contribution in [2.24, 2.45) is 0 Å². The van der Waals surface area contributed by atoms with Crippen molar-refractivity contribution >= 4 is 23.3 Å². The average molecular weight is 474 g/mol. The second-order valence-corrected chi connectivity index (χ2v) is 8.15. The lowest BCUT2D eigenvalue weighted by atomic mass is 10.0. The van der Waals surface area contributed by atoms with Crippen molar-refractivity contribution in [3.8, 4) is 11.5 Å². The summed E-state index contributed by atoms with van der Waals surface area (Å²) in [7, 11) is 5.62. The van der Waals surface area contributed by atoms with Crippen LogP contribution < -0.4 is 15.8 Å². The first kappa shape index (κ1) is 25.4. The summed E-state index contributed by atoms with van der Waals surface area (Å²) in [6, 6.07) is 16.7. The third-order valence-corrected chi connectivity index (χ3v) is 5.10. The third-order valence-electron chi connectivity index (χ3n) is 5.10. The Hall–Kier alpha value is -4.24. The van der Waals surface area contributed by atoms with Crippen LogP contribution in [0.3, 0.4) is 0 Å². The van der Waals surface area contributed by atoms with E-state index < -0.39 is 0 Å². The lowest BCUT2D eigenvalue weighted by Crippen LogP contribution is -2.30. The van der Waals surface area contributed by atoms with Crippen molar-refractivity contribution < 1.29 is 9.53 Å². The summed E-state index contributed by atoms with van der Waals surface area (Å²) < 4.78 is 5.83. The molecule has 0 unspecified atom stereocenters. The number of carbonyl (C=O) groups excluding carboxylic acids is 1. The summed E-state index contributed by atoms with van der Waals surface area (Å²) in [5.41, 5.74) is 7.36. The zero-order valence-electron chi connectivity index (χ0n) is 20.2. The quantitative estimate of drug-likeness (QED) is 0.289. The second-order valence-electron chi connectivity index (χ2n) is 8.15. The molecule has 9 nitrogen and oxygen atoms in total. The molecule has 1 aromatic heterocycles. The van der Waals surface area contributed by atoms with E-state index >= 15 is 0 Å². The number of rotatable bonds is 11. The Bertz CT molecular complexity index is 1160. The highest BCUT2D eigenvalue weighted by molar-refractivity contribution is 6.16. The molecular formula is C26H31N7O2. The van der Waals surface area contributed by atoms with Crippen LogP contribution in [-0.4, -0.2) is 72.2 Å². The van der Waals surface area contributed by atoms with Gasteiger partial charge in [0.1, 0.15) is 29.5 Å². The number of nitrogens with zero attached hydrogens (tertiary/aromatic N) is 4. The number of anilines is 2. The minimum atomic E-state index is -0.0818. The average Bonchev–Trinajstić information content (AvgIpc) is 2.84. The topological polar surface area (TPSA) is 120 Å². The van der Waals surface area contributed by atoms with E-state index in [1.807, 2.05) is 55.4 Å². The molecule has 3 aromatic rings. The molecule has 0 bridgehead atoms. The van der Waals surface area contributed by atoms with Gasteiger partial charge in [-0.15, -0.1) is 0 Å². The van der Waals surface area contributed by atoms with Gasteiger partial charge >= 0.3 is 0 Å². The van der Waals surface area contributed by atoms with E-state index in [1.54, 1.807) is 42.3 Å². The van der Waals surface area contributed by atoms with Crippen molar-refractivity contribution in [2.45, 2.75) is 0 Å². The van der Waals surface area contributed by atoms with Crippen LogP contribution in [0.4, 0.5) is 11.6 Å². The molecule has 2 aromatic carbocycles. The molecule has 4 N–H and O–H groups in total. The number of para-hydroxylation sites is 1. The van der Waals surface area contributed by atoms with E-state index in [2.05, 4.69) is 15.3 Å². The zero-order valence-corrected chi connectivity index (χ0v) is 20.2. The standard InChI is InChI=1S/C26H31N7O2/c1-32(2)16-7-10-22(34)33(3)17-15-29-26-23(25(28)30-18-31-26)24(27)19-11-13-21(14-12-19)35-20-8-5-4-6-9-20/h4-14,18,27H,15-17H2,1-3H3,(H3,28,29,30,31)/b10-7+,27-24?. The lowest BCUT2D eigenvalue weighted by molar-refractivity contribution is -0.124. The molecule has 0 spiro atoms. The van der Waals surface area contributed by atoms with Crippen LogP contribution in [0.5, 0.6) is 11.5 Å². The van der Waals surface area contributed by atoms with Gasteiger partial charge in [-0.05, 0) is 50.5 Å². The normalized spacial score (nSPS) is 11.0. The van der Waals surface area contributed by atoms with Crippen LogP contribution in [0.25, 0.3) is 0 Å². The molecule has 0 aliphatic carbocycles. The van der Waals surface area contributed by atoms with Crippen LogP contribution in [0, 0.1) is 5.41 Å². The fraction of sp³-hybridized carbons (Fsp3) is 0.231. The number of hydrogen-bond donors (Lipinski definition) is 3. The molecule has 182 valence electrons. The molecule has 0 saturated heterocycles. The van der Waals surface area contributed by atoms with Crippen LogP contribution in [-0.2, 0) is 4.79 Å². The molecule has 0 atom stereocenters. The van der Waals surface area contributed by atoms with Crippen LogP contribution in [0.2, 0.25) is 0 Å². The van der Waals surface area contributed by atoms with Crippen LogP contribution >= 0.6 is 0 Å². The molecule has 35 heavy (non-hydrogen) atoms. The summed E-state index contributed by atoms with van der Waals surface area (Å²) in [6.45, 7) is 1.58. The van der Waals surface area contributed by atoms with Gasteiger partial charge in [0.2, 0.25) is 5.91 Å². The Morgan fingerprint density at radius 2 is 1.74 bits per heavy atom. The van der Waals surface area contributed by atoms with E-state index in [9.17, 15) is 4.79 Å². The van der Waals surface area contributed by atoms with Gasteiger partial charge in [-0.3, -0.25) is 10.2 Å². The highest BCUT2D eigenvalue weighted by Crippen LogP contribution is 2.25. The number of nitrogens with two attached hydrogens (primary N) is 1. The fourth-order valence-electron chi connectivity index (χ4n) is 3.18. The summed E-state index contributed by atoms with van der Waals surface area (Å²) in [5.74, 6) is 1.96. The Morgan fingerprint density at radius 1 is 1.06 bits per heavy atom. The lowest BCUT2D eigenvalue weighted by Gasteiger charge is -2.18. The van der Waals surface area contributed by atoms with Crippen molar-refractivity contribution in [1.29, 1.82) is 5.41 Å². The molecule has 3 rings (SSSR count). The Kier molecular flexibility index (Phi) is 8.91. The van der Waals surface area contributed by atoms with Gasteiger partial charge in [-0.1, -0.05) is 24.3 Å². The largest absolute Gasteiger partial charge is 0.457 e. The van der Waals surface area contributed by atoms with Gasteiger partial charge in [0.25, 0.3) is 0 Å². The van der Waals surface area contributed by atoms with Crippen LogP contribution in [0.1, 0.15) is 11.1 Å². The molecule has 0 saturated carbocycles. The van der Waals surface area contributed by atoms with E-state index in [-0.39, 0.29) is 17.4 Å². The number of carbonyl (C=O) groups is 1. The number of aromatic nitrogens is 2. The first-order valence-corrected chi connectivity index (χ1v) is 11.2. The molecule has 1 heterocycles. The Morgan fingerprint density at radius 3 is 2.43 bits per heavy atom. The summed E-state index contributed by atoms with van der Waals surface area (Å²) in [6.07, 6.45) is 4.74. The molecule has 0 radical (unpaired) electrons. The monoisotopic (exact) mass is 473 g/mol. The number of nitrogen functional groups attached to an aromatic ring is 1. The SMILES string of the molecule is CN(C)C/C=C/C(=O)N(C)CCNc1ncnc(N)c1C(=N)c1ccc(Oc2ccccc2)cc1. The van der Waals surface area contributed by atoms with E-state index in [0.29, 0.717) is 42.3 Å². The summed E-state index contributed by atoms with van der Waals surface area (Å²) in [4.78, 5) is 24.2. The number of amides is 1. The Labute approximate surface area is 205 Å². The fourth-order valence-corrected chi connectivity index (χ4v) is 3.18. The maximum absolute atomic E-state index is 12.2. The predicted molar refractivity (Wildman–Crippen MR) is 139 cm³/mol. The van der Waals surface area contributed by atoms with Gasteiger partial charge < -0.3 is 25.6 Å². The molecule has 1 amide bonds. The minimum absolute atomic E-state index is 0.0818. The van der Waals surface area contributed by atoms with Gasteiger partial charge in [0, 0.05) is 38.3 Å². The van der Waals surface area contributed by atoms with E-state index in [4.69, 9.17) is 15.9 Å². The Balaban J connectivity index is 1.64. The summed E-state index contributed by atoms with van der Waals surface area (Å²) >= 11 is 0. The first-order valence-electron chi connectivity index (χ1n) is 11.2. The molecule has 9 heteroatoms. The van der Waals surface area contributed by atoms with Gasteiger partial charge in [-0.25, -0.2) is 9.97 Å². The number of ether oxygens (including phenoxy) is 1. The zero-order chi connectivity index (χ0) is 25.2. The number of nitrogens with one attached hydrogen (secondary N) is 2. The van der Waals surface area contributed by atoms with Crippen molar-refractivity contribution in [2.75, 3.05) is 51.8 Å². The van der Waals surface area contributed by atoms with Crippen molar-refractivity contribution in [1.82, 2.24) is 19.8 Å². The second kappa shape index (κ2) is 12.3. The minimum Gasteiger partial charge on any atom is -0.457 e. The van der Waals surface area contributed by atoms with E-state index in [1.165, 1.54) is 6.33 Å². The highest BCUT2D eigenvalue weighted by Gasteiger charge is 2.16. The number of hydrogen-bond acceptors (Lipinski definition) is 8. The molecular weight excluding hydrogens is 442 g/mol. The van der Waals surface area contributed by atoms with Gasteiger partial charge in [-0.2, -0.15) is 0 Å². The van der Waals surface area contributed by atoms with Crippen molar-refractivity contribution in [3.63, 3.8) is 0 Å². The van der Waals surface area contributed by atoms with Crippen molar-refractivity contribution in [3.05, 3.63) is 84.2 Å². The number of likely N-dealkylation sites (N-methyl/N-ethyl adjacent to an activating group) is 2. The maximum atomic E-state index is 12.2. The highest BCUT2D eigenvalue weighted by atomic mass is 16.5. The molecule has 0 aliphatic rings. The van der Waals surface area contributed by atoms with Gasteiger partial charge in [0.05, 0.1) is 11.3 Å². The van der Waals surface area contributed by atoms with Gasteiger partial charge in [0.15, 0.2) is 0 Å². The molecule has 0 aliphatic heterocycles. The van der Waals surface area contributed by atoms with E-state index in [0.717, 1.165) is 5.75 Å². The molecule has 0 fully saturated rings.